The predicted octanol–water partition coefficient (Wildman–Crippen LogP) is 8.86. The predicted molar refractivity (Wildman–Crippen MR) is 233 cm³/mol. The van der Waals surface area contributed by atoms with Gasteiger partial charge in [-0.15, -0.1) is 68.6 Å². The van der Waals surface area contributed by atoms with E-state index in [1.165, 1.54) is 77.2 Å². The smallest absolute Gasteiger partial charge is 0.0132 e. The Morgan fingerprint density at radius 2 is 1.11 bits per heavy atom. The van der Waals surface area contributed by atoms with Crippen LogP contribution in [0.25, 0.3) is 43.8 Å². The van der Waals surface area contributed by atoms with Gasteiger partial charge in [0.25, 0.3) is 0 Å². The first-order chi connectivity index (χ1) is 25.0. The number of rotatable bonds is 5. The largest absolute Gasteiger partial charge is 1.00 e. The van der Waals surface area contributed by atoms with Crippen molar-refractivity contribution in [1.82, 2.24) is 0 Å². The normalized spacial score (nSPS) is 11.2. The van der Waals surface area contributed by atoms with Gasteiger partial charge in [-0.05, 0) is 51.0 Å². The number of hydrogen-bond donors (Lipinski definition) is 0. The first-order valence-corrected chi connectivity index (χ1v) is 25.4. The van der Waals surface area contributed by atoms with Crippen LogP contribution in [0.5, 0.6) is 0 Å². The standard InChI is InChI=1S/C27H27.C22H25.C2H6Si.2ClH.Zr/c1-19-10-15-24(22-11-13-23(14-12-22)27(2,3)4)26-18-21(17-25(19)26)16-20-8-6-5-7-9-20;1-15(2)18-13-17-7-6-8-20(21(17)14-18)16-9-11-19(12-10-16)22(3,4)5;1-3-2;;;/h5-15,17-18H,16H2,1-4H3;6-15H,1-5H3;1-2H3;2*1H;/q2*-1;;;;+2/p-2. The quantitative estimate of drug-likeness (QED) is 0.120. The average Bonchev–Trinajstić information content (AvgIpc) is 3.74. The molecule has 55 heavy (non-hydrogen) atoms. The molecule has 0 nitrogen and oxygen atoms in total. The zero-order valence-electron chi connectivity index (χ0n) is 34.7. The summed E-state index contributed by atoms with van der Waals surface area (Å²) in [6, 6.07) is 49.4. The van der Waals surface area contributed by atoms with E-state index in [9.17, 15) is 0 Å². The summed E-state index contributed by atoms with van der Waals surface area (Å²) in [6.07, 6.45) is 0.983. The van der Waals surface area contributed by atoms with Crippen molar-refractivity contribution in [3.8, 4) is 22.3 Å². The summed E-state index contributed by atoms with van der Waals surface area (Å²) < 4.78 is 0. The second-order valence-electron chi connectivity index (χ2n) is 17.2. The topological polar surface area (TPSA) is 0 Å². The third-order valence-corrected chi connectivity index (χ3v) is 9.98. The van der Waals surface area contributed by atoms with E-state index in [2.05, 4.69) is 209 Å². The summed E-state index contributed by atoms with van der Waals surface area (Å²) in [5, 5.41) is 5.46. The molecule has 0 radical (unpaired) electrons. The summed E-state index contributed by atoms with van der Waals surface area (Å²) in [4.78, 5) is 0. The maximum Gasteiger partial charge on any atom is -0.0132 e. The van der Waals surface area contributed by atoms with Gasteiger partial charge in [0.1, 0.15) is 0 Å². The molecule has 0 unspecified atom stereocenters. The van der Waals surface area contributed by atoms with Gasteiger partial charge < -0.3 is 24.8 Å². The van der Waals surface area contributed by atoms with Crippen molar-refractivity contribution in [2.24, 2.45) is 0 Å². The zero-order chi connectivity index (χ0) is 38.5. The molecule has 0 aliphatic heterocycles. The molecule has 0 N–H and O–H groups in total. The minimum Gasteiger partial charge on any atom is -1.00 e. The molecule has 286 valence electrons. The van der Waals surface area contributed by atoms with Crippen LogP contribution < -0.4 is 24.8 Å². The first-order valence-electron chi connectivity index (χ1n) is 19.2. The van der Waals surface area contributed by atoms with E-state index in [0.29, 0.717) is 5.92 Å². The van der Waals surface area contributed by atoms with Crippen LogP contribution in [-0.2, 0) is 40.6 Å². The molecule has 0 atom stereocenters. The Morgan fingerprint density at radius 1 is 0.600 bits per heavy atom. The molecule has 7 aromatic carbocycles. The van der Waals surface area contributed by atoms with E-state index in [0.717, 1.165) is 6.42 Å². The third kappa shape index (κ3) is 12.2. The Labute approximate surface area is 360 Å². The van der Waals surface area contributed by atoms with Crippen LogP contribution in [0.4, 0.5) is 0 Å². The summed E-state index contributed by atoms with van der Waals surface area (Å²) in [7, 11) is 0. The fourth-order valence-corrected chi connectivity index (χ4v) is 6.83. The average molecular weight is 861 g/mol. The fourth-order valence-electron chi connectivity index (χ4n) is 6.83. The SMILES string of the molecule is CC(C)c1cc2c(-c3ccc(C(C)(C)C)cc3)cccc2[cH-]1.C[Si](C)=[Zr+2].Cc1ccc(-c2ccc(C(C)(C)C)cc2)c2cc(Cc3ccccc3)[cH-]c12.[Cl-].[Cl-]. The van der Waals surface area contributed by atoms with Crippen LogP contribution in [0.1, 0.15) is 94.7 Å². The summed E-state index contributed by atoms with van der Waals surface area (Å²) in [6.45, 7) is 24.9. The van der Waals surface area contributed by atoms with Gasteiger partial charge >= 0.3 is 41.9 Å². The molecule has 0 saturated heterocycles. The van der Waals surface area contributed by atoms with Gasteiger partial charge in [-0.1, -0.05) is 164 Å². The van der Waals surface area contributed by atoms with Crippen LogP contribution in [0.15, 0.2) is 133 Å². The maximum absolute atomic E-state index is 2.38. The molecule has 0 amide bonds. The molecule has 7 rings (SSSR count). The Morgan fingerprint density at radius 3 is 1.60 bits per heavy atom. The van der Waals surface area contributed by atoms with Crippen molar-refractivity contribution in [2.45, 2.75) is 98.6 Å². The van der Waals surface area contributed by atoms with Crippen molar-refractivity contribution in [3.05, 3.63) is 167 Å². The van der Waals surface area contributed by atoms with E-state index in [1.807, 2.05) is 0 Å². The Bertz CT molecular complexity index is 2270. The van der Waals surface area contributed by atoms with Crippen LogP contribution in [0.2, 0.25) is 13.1 Å². The maximum atomic E-state index is 2.38. The number of benzene rings is 5. The summed E-state index contributed by atoms with van der Waals surface area (Å²) in [5.74, 6) is 0.573. The van der Waals surface area contributed by atoms with Crippen LogP contribution in [0, 0.1) is 6.92 Å². The molecule has 0 fully saturated rings. The molecule has 7 aromatic rings. The second kappa shape index (κ2) is 19.9. The minimum atomic E-state index is 0. The van der Waals surface area contributed by atoms with E-state index in [-0.39, 0.29) is 41.1 Å². The van der Waals surface area contributed by atoms with Crippen molar-refractivity contribution < 1.29 is 48.1 Å². The van der Waals surface area contributed by atoms with Gasteiger partial charge in [-0.2, -0.15) is 12.1 Å². The van der Waals surface area contributed by atoms with Gasteiger partial charge in [-0.3, -0.25) is 0 Å². The molecule has 0 spiro atoms. The number of fused-ring (bicyclic) bond motifs is 2. The van der Waals surface area contributed by atoms with Crippen molar-refractivity contribution in [1.29, 1.82) is 0 Å². The van der Waals surface area contributed by atoms with Crippen LogP contribution in [0.3, 0.4) is 0 Å². The second-order valence-corrected chi connectivity index (χ2v) is 26.6. The molecular weight excluding hydrogens is 803 g/mol. The monoisotopic (exact) mass is 858 g/mol. The first kappa shape index (κ1) is 46.4. The van der Waals surface area contributed by atoms with Gasteiger partial charge in [-0.25, -0.2) is 0 Å². The van der Waals surface area contributed by atoms with Crippen molar-refractivity contribution >= 4 is 27.0 Å². The van der Waals surface area contributed by atoms with E-state index >= 15 is 0 Å². The van der Waals surface area contributed by atoms with Crippen LogP contribution in [-0.4, -0.2) is 5.43 Å². The molecule has 0 bridgehead atoms. The number of halogens is 2. The third-order valence-electron chi connectivity index (χ3n) is 9.98. The van der Waals surface area contributed by atoms with Gasteiger partial charge in [0.05, 0.1) is 0 Å². The zero-order valence-corrected chi connectivity index (χ0v) is 39.7. The molecule has 0 aliphatic carbocycles. The van der Waals surface area contributed by atoms with Gasteiger partial charge in [0, 0.05) is 0 Å². The van der Waals surface area contributed by atoms with E-state index in [4.69, 9.17) is 0 Å². The van der Waals surface area contributed by atoms with Crippen molar-refractivity contribution in [2.75, 3.05) is 0 Å². The Hall–Kier alpha value is -3.00. The number of aryl methyl sites for hydroxylation is 1. The van der Waals surface area contributed by atoms with E-state index < -0.39 is 0 Å². The van der Waals surface area contributed by atoms with Crippen molar-refractivity contribution in [3.63, 3.8) is 0 Å². The molecule has 0 aromatic heterocycles. The van der Waals surface area contributed by atoms with Crippen LogP contribution >= 0.6 is 0 Å². The Balaban J connectivity index is 0.000000265. The minimum absolute atomic E-state index is 0. The van der Waals surface area contributed by atoms with E-state index in [1.54, 1.807) is 23.3 Å². The Kier molecular flexibility index (Phi) is 16.8. The molecule has 0 saturated carbocycles. The van der Waals surface area contributed by atoms with Gasteiger partial charge in [0.2, 0.25) is 0 Å². The summed E-state index contributed by atoms with van der Waals surface area (Å²) in [5.41, 5.74) is 14.1. The fraction of sp³-hybridized carbons (Fsp3) is 0.294. The summed E-state index contributed by atoms with van der Waals surface area (Å²) >= 11 is 1.74. The molecule has 0 heterocycles. The molecule has 4 heteroatoms. The molecule has 0 aliphatic rings. The molecular formula is C51H58Cl2SiZr-2. The number of hydrogen-bond acceptors (Lipinski definition) is 0. The van der Waals surface area contributed by atoms with Gasteiger partial charge in [0.15, 0.2) is 0 Å².